The maximum Gasteiger partial charge on any atom is -0.0292 e. The predicted molar refractivity (Wildman–Crippen MR) is 69.3 cm³/mol. The average molecular weight is 220 g/mol. The Kier molecular flexibility index (Phi) is 2.80. The summed E-state index contributed by atoms with van der Waals surface area (Å²) in [6.45, 7) is 5.22. The monoisotopic (exact) mass is 220 g/mol. The Morgan fingerprint density at radius 2 is 1.12 bits per heavy atom. The van der Waals surface area contributed by atoms with Gasteiger partial charge in [0.2, 0.25) is 0 Å². The molecule has 0 aromatic rings. The maximum absolute atomic E-state index is 2.61. The third-order valence-corrected chi connectivity index (χ3v) is 6.33. The molecular weight excluding hydrogens is 192 g/mol. The molecule has 4 unspecified atom stereocenters. The van der Waals surface area contributed by atoms with Gasteiger partial charge in [0, 0.05) is 0 Å². The first-order chi connectivity index (χ1) is 7.69. The van der Waals surface area contributed by atoms with Gasteiger partial charge < -0.3 is 0 Å². The van der Waals surface area contributed by atoms with E-state index in [9.17, 15) is 0 Å². The van der Waals surface area contributed by atoms with Gasteiger partial charge in [-0.25, -0.2) is 0 Å². The van der Waals surface area contributed by atoms with E-state index >= 15 is 0 Å². The molecule has 16 heavy (non-hydrogen) atoms. The van der Waals surface area contributed by atoms with Crippen LogP contribution >= 0.6 is 0 Å². The topological polar surface area (TPSA) is 0 Å². The van der Waals surface area contributed by atoms with E-state index in [4.69, 9.17) is 0 Å². The van der Waals surface area contributed by atoms with Crippen LogP contribution in [0.4, 0.5) is 0 Å². The lowest BCUT2D eigenvalue weighted by molar-refractivity contribution is -0.0678. The third kappa shape index (κ3) is 1.64. The normalized spacial score (nSPS) is 46.9. The standard InChI is InChI=1S/C16H28/c1-16(2)14-9-5-3-7-12(14)11-13-8-4-6-10-15(13)16/h12-15H,3-11H2,1-2H3. The lowest BCUT2D eigenvalue weighted by Crippen LogP contribution is -2.48. The highest BCUT2D eigenvalue weighted by Crippen LogP contribution is 2.58. The van der Waals surface area contributed by atoms with Crippen molar-refractivity contribution >= 4 is 0 Å². The van der Waals surface area contributed by atoms with Gasteiger partial charge in [-0.05, 0) is 48.3 Å². The molecule has 3 saturated carbocycles. The zero-order valence-corrected chi connectivity index (χ0v) is 11.2. The SMILES string of the molecule is CC1(C)C2CCCCC2CC2CCCCC21. The molecule has 0 aromatic heterocycles. The molecule has 0 saturated heterocycles. The van der Waals surface area contributed by atoms with Crippen molar-refractivity contribution in [1.82, 2.24) is 0 Å². The van der Waals surface area contributed by atoms with Crippen LogP contribution in [0.3, 0.4) is 0 Å². The molecule has 0 amide bonds. The second kappa shape index (κ2) is 4.03. The van der Waals surface area contributed by atoms with E-state index in [2.05, 4.69) is 13.8 Å². The molecule has 0 bridgehead atoms. The Balaban J connectivity index is 1.85. The van der Waals surface area contributed by atoms with Crippen molar-refractivity contribution < 1.29 is 0 Å². The Bertz CT molecular complexity index is 229. The van der Waals surface area contributed by atoms with Gasteiger partial charge in [-0.3, -0.25) is 0 Å². The minimum absolute atomic E-state index is 0.661. The summed E-state index contributed by atoms with van der Waals surface area (Å²) in [6, 6.07) is 0. The van der Waals surface area contributed by atoms with E-state index in [1.54, 1.807) is 32.1 Å². The summed E-state index contributed by atoms with van der Waals surface area (Å²) in [5, 5.41) is 0. The fourth-order valence-corrected chi connectivity index (χ4v) is 5.60. The second-order valence-corrected chi connectivity index (χ2v) is 7.36. The molecule has 3 rings (SSSR count). The zero-order valence-electron chi connectivity index (χ0n) is 11.2. The van der Waals surface area contributed by atoms with E-state index in [0.29, 0.717) is 5.41 Å². The summed E-state index contributed by atoms with van der Waals surface area (Å²) < 4.78 is 0. The lowest BCUT2D eigenvalue weighted by atomic mass is 9.49. The summed E-state index contributed by atoms with van der Waals surface area (Å²) in [6.07, 6.45) is 13.9. The molecule has 3 fully saturated rings. The predicted octanol–water partition coefficient (Wildman–Crippen LogP) is 5.03. The zero-order chi connectivity index (χ0) is 11.2. The number of hydrogen-bond donors (Lipinski definition) is 0. The second-order valence-electron chi connectivity index (χ2n) is 7.36. The highest BCUT2D eigenvalue weighted by Gasteiger charge is 2.49. The molecular formula is C16H28. The first kappa shape index (κ1) is 11.1. The van der Waals surface area contributed by atoms with Crippen molar-refractivity contribution in [3.05, 3.63) is 0 Å². The Labute approximate surface area is 101 Å². The van der Waals surface area contributed by atoms with Gasteiger partial charge >= 0.3 is 0 Å². The van der Waals surface area contributed by atoms with E-state index in [1.807, 2.05) is 0 Å². The van der Waals surface area contributed by atoms with Crippen LogP contribution in [0, 0.1) is 29.1 Å². The average Bonchev–Trinajstić information content (AvgIpc) is 2.29. The van der Waals surface area contributed by atoms with Gasteiger partial charge in [0.25, 0.3) is 0 Å². The first-order valence-electron chi connectivity index (χ1n) is 7.69. The lowest BCUT2D eigenvalue weighted by Gasteiger charge is -2.56. The van der Waals surface area contributed by atoms with Crippen molar-refractivity contribution in [2.45, 2.75) is 71.6 Å². The molecule has 0 spiro atoms. The van der Waals surface area contributed by atoms with Gasteiger partial charge in [0.1, 0.15) is 0 Å². The van der Waals surface area contributed by atoms with Gasteiger partial charge in [-0.15, -0.1) is 0 Å². The molecule has 92 valence electrons. The van der Waals surface area contributed by atoms with Gasteiger partial charge in [0.15, 0.2) is 0 Å². The van der Waals surface area contributed by atoms with Crippen LogP contribution in [-0.4, -0.2) is 0 Å². The molecule has 3 aliphatic carbocycles. The van der Waals surface area contributed by atoms with Crippen molar-refractivity contribution in [2.24, 2.45) is 29.1 Å². The van der Waals surface area contributed by atoms with Crippen LogP contribution in [0.5, 0.6) is 0 Å². The third-order valence-electron chi connectivity index (χ3n) is 6.33. The van der Waals surface area contributed by atoms with E-state index < -0.39 is 0 Å². The Morgan fingerprint density at radius 3 is 1.62 bits per heavy atom. The van der Waals surface area contributed by atoms with Crippen molar-refractivity contribution in [2.75, 3.05) is 0 Å². The molecule has 4 atom stereocenters. The molecule has 0 radical (unpaired) electrons. The van der Waals surface area contributed by atoms with Gasteiger partial charge in [-0.2, -0.15) is 0 Å². The van der Waals surface area contributed by atoms with Crippen molar-refractivity contribution in [3.63, 3.8) is 0 Å². The van der Waals surface area contributed by atoms with Crippen LogP contribution in [0.1, 0.15) is 71.6 Å². The molecule has 3 aliphatic rings. The summed E-state index contributed by atoms with van der Waals surface area (Å²) in [5.74, 6) is 4.34. The largest absolute Gasteiger partial charge is 0.0594 e. The quantitative estimate of drug-likeness (QED) is 0.537. The number of hydrogen-bond acceptors (Lipinski definition) is 0. The molecule has 0 aliphatic heterocycles. The van der Waals surface area contributed by atoms with Crippen LogP contribution in [0.2, 0.25) is 0 Å². The van der Waals surface area contributed by atoms with E-state index in [1.165, 1.54) is 25.7 Å². The highest BCUT2D eigenvalue weighted by atomic mass is 14.5. The number of fused-ring (bicyclic) bond motifs is 2. The summed E-state index contributed by atoms with van der Waals surface area (Å²) >= 11 is 0. The molecule has 0 heteroatoms. The Hall–Kier alpha value is 0. The Morgan fingerprint density at radius 1 is 0.688 bits per heavy atom. The maximum atomic E-state index is 2.61. The summed E-state index contributed by atoms with van der Waals surface area (Å²) in [5.41, 5.74) is 0.661. The van der Waals surface area contributed by atoms with Crippen LogP contribution < -0.4 is 0 Å². The fourth-order valence-electron chi connectivity index (χ4n) is 5.60. The van der Waals surface area contributed by atoms with Crippen LogP contribution in [0.25, 0.3) is 0 Å². The van der Waals surface area contributed by atoms with E-state index in [-0.39, 0.29) is 0 Å². The van der Waals surface area contributed by atoms with E-state index in [0.717, 1.165) is 23.7 Å². The van der Waals surface area contributed by atoms with Gasteiger partial charge in [-0.1, -0.05) is 52.4 Å². The summed E-state index contributed by atoms with van der Waals surface area (Å²) in [4.78, 5) is 0. The highest BCUT2D eigenvalue weighted by molar-refractivity contribution is 4.99. The van der Waals surface area contributed by atoms with Crippen LogP contribution in [0.15, 0.2) is 0 Å². The van der Waals surface area contributed by atoms with Crippen molar-refractivity contribution in [1.29, 1.82) is 0 Å². The fraction of sp³-hybridized carbons (Fsp3) is 1.00. The molecule has 0 N–H and O–H groups in total. The van der Waals surface area contributed by atoms with Crippen LogP contribution in [-0.2, 0) is 0 Å². The minimum atomic E-state index is 0.661. The molecule has 0 nitrogen and oxygen atoms in total. The smallest absolute Gasteiger partial charge is 0.0292 e. The molecule has 0 aromatic carbocycles. The summed E-state index contributed by atoms with van der Waals surface area (Å²) in [7, 11) is 0. The van der Waals surface area contributed by atoms with Crippen molar-refractivity contribution in [3.8, 4) is 0 Å². The van der Waals surface area contributed by atoms with Gasteiger partial charge in [0.05, 0.1) is 0 Å². The molecule has 0 heterocycles. The number of rotatable bonds is 0. The minimum Gasteiger partial charge on any atom is -0.0594 e. The first-order valence-corrected chi connectivity index (χ1v) is 7.69.